The maximum atomic E-state index is 11.5. The fourth-order valence-electron chi connectivity index (χ4n) is 1.40. The zero-order chi connectivity index (χ0) is 11.4. The number of anilines is 1. The first-order valence-corrected chi connectivity index (χ1v) is 5.70. The Bertz CT molecular complexity index is 455. The summed E-state index contributed by atoms with van der Waals surface area (Å²) in [6.45, 7) is 2.06. The molecule has 0 aliphatic carbocycles. The third kappa shape index (κ3) is 2.43. The van der Waals surface area contributed by atoms with Crippen LogP contribution in [0.15, 0.2) is 35.7 Å². The van der Waals surface area contributed by atoms with E-state index in [9.17, 15) is 4.79 Å². The van der Waals surface area contributed by atoms with Crippen molar-refractivity contribution in [2.45, 2.75) is 13.5 Å². The highest BCUT2D eigenvalue weighted by molar-refractivity contribution is 7.03. The molecular weight excluding hydrogens is 222 g/mol. The monoisotopic (exact) mass is 233 g/mol. The molecule has 0 saturated carbocycles. The van der Waals surface area contributed by atoms with E-state index in [4.69, 9.17) is 0 Å². The summed E-state index contributed by atoms with van der Waals surface area (Å²) in [6, 6.07) is 9.82. The van der Waals surface area contributed by atoms with Crippen molar-refractivity contribution in [1.82, 2.24) is 9.59 Å². The van der Waals surface area contributed by atoms with Gasteiger partial charge in [0, 0.05) is 6.92 Å². The maximum absolute atomic E-state index is 11.5. The van der Waals surface area contributed by atoms with Gasteiger partial charge in [-0.15, -0.1) is 5.10 Å². The molecule has 4 nitrogen and oxygen atoms in total. The minimum Gasteiger partial charge on any atom is -0.290 e. The highest BCUT2D eigenvalue weighted by Crippen LogP contribution is 2.15. The van der Waals surface area contributed by atoms with Crippen molar-refractivity contribution in [2.24, 2.45) is 0 Å². The van der Waals surface area contributed by atoms with Gasteiger partial charge in [-0.3, -0.25) is 9.69 Å². The predicted octanol–water partition coefficient (Wildman–Crippen LogP) is 2.09. The van der Waals surface area contributed by atoms with Crippen molar-refractivity contribution < 1.29 is 4.79 Å². The first kappa shape index (κ1) is 10.8. The Kier molecular flexibility index (Phi) is 3.26. The van der Waals surface area contributed by atoms with E-state index in [2.05, 4.69) is 9.59 Å². The number of carbonyl (C=O) groups is 1. The Morgan fingerprint density at radius 2 is 2.12 bits per heavy atom. The van der Waals surface area contributed by atoms with Crippen molar-refractivity contribution in [1.29, 1.82) is 0 Å². The van der Waals surface area contributed by atoms with Crippen LogP contribution < -0.4 is 4.90 Å². The van der Waals surface area contributed by atoms with E-state index in [1.165, 1.54) is 18.5 Å². The van der Waals surface area contributed by atoms with Gasteiger partial charge in [0.25, 0.3) is 0 Å². The van der Waals surface area contributed by atoms with Crippen LogP contribution in [0, 0.1) is 0 Å². The van der Waals surface area contributed by atoms with Gasteiger partial charge < -0.3 is 0 Å². The highest BCUT2D eigenvalue weighted by Gasteiger charge is 2.14. The molecule has 0 unspecified atom stereocenters. The van der Waals surface area contributed by atoms with Crippen LogP contribution in [0.4, 0.5) is 5.82 Å². The predicted molar refractivity (Wildman–Crippen MR) is 63.2 cm³/mol. The van der Waals surface area contributed by atoms with E-state index in [1.807, 2.05) is 30.3 Å². The Balaban J connectivity index is 2.19. The average Bonchev–Trinajstić information content (AvgIpc) is 2.80. The second-order valence-corrected chi connectivity index (χ2v) is 3.96. The molecule has 0 saturated heterocycles. The van der Waals surface area contributed by atoms with Crippen molar-refractivity contribution in [3.05, 3.63) is 41.3 Å². The number of amides is 1. The summed E-state index contributed by atoms with van der Waals surface area (Å²) >= 11 is 1.24. The van der Waals surface area contributed by atoms with Crippen LogP contribution in [-0.4, -0.2) is 15.5 Å². The lowest BCUT2D eigenvalue weighted by Crippen LogP contribution is -2.28. The highest BCUT2D eigenvalue weighted by atomic mass is 32.1. The van der Waals surface area contributed by atoms with Crippen molar-refractivity contribution >= 4 is 23.3 Å². The standard InChI is InChI=1S/C11H11N3OS/c1-9(15)14(11-8-16-13-12-11)7-10-5-3-2-4-6-10/h2-6,8H,7H2,1H3. The number of hydrogen-bond donors (Lipinski definition) is 0. The normalized spacial score (nSPS) is 10.1. The van der Waals surface area contributed by atoms with Gasteiger partial charge in [-0.25, -0.2) is 0 Å². The molecule has 2 aromatic rings. The van der Waals surface area contributed by atoms with Gasteiger partial charge in [-0.05, 0) is 17.1 Å². The molecule has 2 rings (SSSR count). The molecule has 0 spiro atoms. The Morgan fingerprint density at radius 3 is 2.69 bits per heavy atom. The summed E-state index contributed by atoms with van der Waals surface area (Å²) in [5.74, 6) is 0.581. The zero-order valence-corrected chi connectivity index (χ0v) is 9.65. The van der Waals surface area contributed by atoms with E-state index in [-0.39, 0.29) is 5.91 Å². The van der Waals surface area contributed by atoms with E-state index in [1.54, 1.807) is 10.3 Å². The van der Waals surface area contributed by atoms with E-state index < -0.39 is 0 Å². The molecule has 1 heterocycles. The topological polar surface area (TPSA) is 46.1 Å². The molecule has 0 aliphatic heterocycles. The number of carbonyl (C=O) groups excluding carboxylic acids is 1. The maximum Gasteiger partial charge on any atom is 0.225 e. The van der Waals surface area contributed by atoms with Gasteiger partial charge in [-0.2, -0.15) is 0 Å². The minimum absolute atomic E-state index is 0.0310. The van der Waals surface area contributed by atoms with Crippen LogP contribution >= 0.6 is 11.5 Å². The van der Waals surface area contributed by atoms with E-state index >= 15 is 0 Å². The van der Waals surface area contributed by atoms with Crippen LogP contribution in [-0.2, 0) is 11.3 Å². The number of benzene rings is 1. The summed E-state index contributed by atoms with van der Waals surface area (Å²) in [5.41, 5.74) is 1.07. The Hall–Kier alpha value is -1.75. The summed E-state index contributed by atoms with van der Waals surface area (Å²) in [6.07, 6.45) is 0. The largest absolute Gasteiger partial charge is 0.290 e. The van der Waals surface area contributed by atoms with Gasteiger partial charge in [0.1, 0.15) is 0 Å². The molecule has 0 fully saturated rings. The summed E-state index contributed by atoms with van der Waals surface area (Å²) < 4.78 is 3.76. The first-order valence-electron chi connectivity index (χ1n) is 4.86. The molecule has 1 aromatic heterocycles. The van der Waals surface area contributed by atoms with Gasteiger partial charge in [0.15, 0.2) is 5.82 Å². The second-order valence-electron chi connectivity index (χ2n) is 3.35. The van der Waals surface area contributed by atoms with Crippen molar-refractivity contribution in [3.63, 3.8) is 0 Å². The van der Waals surface area contributed by atoms with Crippen LogP contribution in [0.5, 0.6) is 0 Å². The molecule has 0 bridgehead atoms. The van der Waals surface area contributed by atoms with Crippen molar-refractivity contribution in [3.8, 4) is 0 Å². The molecule has 16 heavy (non-hydrogen) atoms. The number of aromatic nitrogens is 2. The summed E-state index contributed by atoms with van der Waals surface area (Å²) in [4.78, 5) is 13.1. The summed E-state index contributed by atoms with van der Waals surface area (Å²) in [5, 5.41) is 5.68. The average molecular weight is 233 g/mol. The molecular formula is C11H11N3OS. The van der Waals surface area contributed by atoms with Gasteiger partial charge in [-0.1, -0.05) is 34.8 Å². The van der Waals surface area contributed by atoms with Gasteiger partial charge in [0.2, 0.25) is 5.91 Å². The molecule has 0 atom stereocenters. The molecule has 1 aromatic carbocycles. The smallest absolute Gasteiger partial charge is 0.225 e. The SMILES string of the molecule is CC(=O)N(Cc1ccccc1)c1csnn1. The second kappa shape index (κ2) is 4.85. The Morgan fingerprint density at radius 1 is 1.38 bits per heavy atom. The van der Waals surface area contributed by atoms with Crippen LogP contribution in [0.3, 0.4) is 0 Å². The van der Waals surface area contributed by atoms with Crippen molar-refractivity contribution in [2.75, 3.05) is 4.90 Å². The number of rotatable bonds is 3. The number of hydrogen-bond acceptors (Lipinski definition) is 4. The molecule has 5 heteroatoms. The Labute approximate surface area is 97.7 Å². The molecule has 82 valence electrons. The van der Waals surface area contributed by atoms with E-state index in [0.29, 0.717) is 12.4 Å². The lowest BCUT2D eigenvalue weighted by molar-refractivity contribution is -0.116. The first-order chi connectivity index (χ1) is 7.77. The van der Waals surface area contributed by atoms with Crippen LogP contribution in [0.1, 0.15) is 12.5 Å². The zero-order valence-electron chi connectivity index (χ0n) is 8.83. The van der Waals surface area contributed by atoms with Crippen LogP contribution in [0.2, 0.25) is 0 Å². The quantitative estimate of drug-likeness (QED) is 0.815. The molecule has 0 aliphatic rings. The van der Waals surface area contributed by atoms with Gasteiger partial charge in [0.05, 0.1) is 11.9 Å². The van der Waals surface area contributed by atoms with E-state index in [0.717, 1.165) is 5.56 Å². The minimum atomic E-state index is -0.0310. The third-order valence-electron chi connectivity index (χ3n) is 2.19. The molecule has 0 N–H and O–H groups in total. The van der Waals surface area contributed by atoms with Crippen LogP contribution in [0.25, 0.3) is 0 Å². The lowest BCUT2D eigenvalue weighted by Gasteiger charge is -2.17. The molecule has 1 amide bonds. The summed E-state index contributed by atoms with van der Waals surface area (Å²) in [7, 11) is 0. The fraction of sp³-hybridized carbons (Fsp3) is 0.182. The fourth-order valence-corrected chi connectivity index (χ4v) is 1.84. The van der Waals surface area contributed by atoms with Gasteiger partial charge >= 0.3 is 0 Å². The molecule has 0 radical (unpaired) electrons. The number of nitrogens with zero attached hydrogens (tertiary/aromatic N) is 3. The third-order valence-corrected chi connectivity index (χ3v) is 2.68. The lowest BCUT2D eigenvalue weighted by atomic mass is 10.2.